The van der Waals surface area contributed by atoms with Crippen molar-refractivity contribution in [2.24, 2.45) is 0 Å². The minimum Gasteiger partial charge on any atom is -0.311 e. The third kappa shape index (κ3) is 3.56. The van der Waals surface area contributed by atoms with E-state index in [4.69, 9.17) is 0 Å². The lowest BCUT2D eigenvalue weighted by Crippen LogP contribution is -2.61. The Kier molecular flexibility index (Phi) is 4.64. The van der Waals surface area contributed by atoms with Crippen LogP contribution in [0.5, 0.6) is 0 Å². The predicted octanol–water partition coefficient (Wildman–Crippen LogP) is 3.55. The summed E-state index contributed by atoms with van der Waals surface area (Å²) in [4.78, 5) is 2.38. The van der Waals surface area contributed by atoms with Crippen molar-refractivity contribution < 1.29 is 4.39 Å². The largest absolute Gasteiger partial charge is 0.311 e. The molecule has 1 aliphatic rings. The van der Waals surface area contributed by atoms with Crippen LogP contribution < -0.4 is 5.32 Å². The average molecular weight is 329 g/mol. The SMILES string of the molecule is CCC1CN(Cc2cc(Br)ccc2F)C(C)(C)CN1. The highest BCUT2D eigenvalue weighted by Crippen LogP contribution is 2.24. The second-order valence-electron chi connectivity index (χ2n) is 5.91. The summed E-state index contributed by atoms with van der Waals surface area (Å²) in [6, 6.07) is 5.67. The quantitative estimate of drug-likeness (QED) is 0.912. The van der Waals surface area contributed by atoms with Crippen LogP contribution in [-0.2, 0) is 6.54 Å². The fourth-order valence-electron chi connectivity index (χ4n) is 2.51. The molecule has 1 unspecified atom stereocenters. The van der Waals surface area contributed by atoms with Crippen LogP contribution >= 0.6 is 15.9 Å². The molecule has 0 spiro atoms. The molecule has 0 bridgehead atoms. The van der Waals surface area contributed by atoms with Gasteiger partial charge in [-0.3, -0.25) is 4.90 Å². The van der Waals surface area contributed by atoms with Crippen molar-refractivity contribution in [1.29, 1.82) is 0 Å². The normalized spacial score (nSPS) is 23.5. The van der Waals surface area contributed by atoms with Crippen LogP contribution in [0.25, 0.3) is 0 Å². The third-order valence-corrected chi connectivity index (χ3v) is 4.48. The Morgan fingerprint density at radius 1 is 1.47 bits per heavy atom. The lowest BCUT2D eigenvalue weighted by molar-refractivity contribution is 0.0567. The van der Waals surface area contributed by atoms with Crippen LogP contribution in [0.4, 0.5) is 4.39 Å². The summed E-state index contributed by atoms with van der Waals surface area (Å²) < 4.78 is 14.8. The van der Waals surface area contributed by atoms with Gasteiger partial charge in [-0.15, -0.1) is 0 Å². The number of benzene rings is 1. The van der Waals surface area contributed by atoms with Gasteiger partial charge < -0.3 is 5.32 Å². The molecule has 1 atom stereocenters. The van der Waals surface area contributed by atoms with Crippen LogP contribution in [0.3, 0.4) is 0 Å². The summed E-state index contributed by atoms with van der Waals surface area (Å²) >= 11 is 3.42. The molecular formula is C15H22BrFN2. The number of piperazine rings is 1. The van der Waals surface area contributed by atoms with E-state index in [-0.39, 0.29) is 11.4 Å². The van der Waals surface area contributed by atoms with Crippen molar-refractivity contribution >= 4 is 15.9 Å². The van der Waals surface area contributed by atoms with E-state index in [0.29, 0.717) is 12.6 Å². The molecule has 1 heterocycles. The Morgan fingerprint density at radius 3 is 2.89 bits per heavy atom. The topological polar surface area (TPSA) is 15.3 Å². The number of hydrogen-bond donors (Lipinski definition) is 1. The van der Waals surface area contributed by atoms with Crippen LogP contribution in [0.1, 0.15) is 32.8 Å². The monoisotopic (exact) mass is 328 g/mol. The van der Waals surface area contributed by atoms with E-state index in [9.17, 15) is 4.39 Å². The molecule has 1 aliphatic heterocycles. The molecule has 19 heavy (non-hydrogen) atoms. The summed E-state index contributed by atoms with van der Waals surface area (Å²) in [5, 5.41) is 3.56. The van der Waals surface area contributed by atoms with Gasteiger partial charge in [-0.25, -0.2) is 4.39 Å². The molecule has 1 aromatic carbocycles. The Hall–Kier alpha value is -0.450. The van der Waals surface area contributed by atoms with E-state index < -0.39 is 0 Å². The number of nitrogens with one attached hydrogen (secondary N) is 1. The van der Waals surface area contributed by atoms with Gasteiger partial charge in [-0.1, -0.05) is 22.9 Å². The maximum Gasteiger partial charge on any atom is 0.127 e. The molecule has 0 radical (unpaired) electrons. The van der Waals surface area contributed by atoms with Crippen molar-refractivity contribution in [3.8, 4) is 0 Å². The zero-order chi connectivity index (χ0) is 14.0. The first kappa shape index (κ1) is 14.9. The smallest absolute Gasteiger partial charge is 0.127 e. The minimum absolute atomic E-state index is 0.0560. The molecule has 0 amide bonds. The van der Waals surface area contributed by atoms with E-state index in [2.05, 4.69) is 46.9 Å². The van der Waals surface area contributed by atoms with E-state index in [1.54, 1.807) is 6.07 Å². The second kappa shape index (κ2) is 5.90. The first-order valence-corrected chi connectivity index (χ1v) is 7.64. The summed E-state index contributed by atoms with van der Waals surface area (Å²) in [5.74, 6) is -0.120. The highest BCUT2D eigenvalue weighted by molar-refractivity contribution is 9.10. The lowest BCUT2D eigenvalue weighted by atomic mass is 9.95. The molecule has 1 saturated heterocycles. The first-order chi connectivity index (χ1) is 8.92. The Bertz CT molecular complexity index is 448. The van der Waals surface area contributed by atoms with E-state index in [1.807, 2.05) is 6.07 Å². The Labute approximate surface area is 123 Å². The highest BCUT2D eigenvalue weighted by Gasteiger charge is 2.33. The van der Waals surface area contributed by atoms with Gasteiger partial charge >= 0.3 is 0 Å². The molecule has 1 fully saturated rings. The molecular weight excluding hydrogens is 307 g/mol. The van der Waals surface area contributed by atoms with Gasteiger partial charge in [-0.05, 0) is 38.5 Å². The third-order valence-electron chi connectivity index (χ3n) is 3.98. The van der Waals surface area contributed by atoms with Crippen molar-refractivity contribution in [3.63, 3.8) is 0 Å². The van der Waals surface area contributed by atoms with Crippen molar-refractivity contribution in [1.82, 2.24) is 10.2 Å². The average Bonchev–Trinajstić information content (AvgIpc) is 2.36. The maximum atomic E-state index is 13.9. The van der Waals surface area contributed by atoms with Crippen LogP contribution in [0.15, 0.2) is 22.7 Å². The summed E-state index contributed by atoms with van der Waals surface area (Å²) in [5.41, 5.74) is 0.819. The molecule has 1 aromatic rings. The molecule has 1 N–H and O–H groups in total. The van der Waals surface area contributed by atoms with Gasteiger partial charge in [0.1, 0.15) is 5.82 Å². The van der Waals surface area contributed by atoms with Gasteiger partial charge in [0.25, 0.3) is 0 Å². The zero-order valence-electron chi connectivity index (χ0n) is 11.8. The van der Waals surface area contributed by atoms with E-state index in [1.165, 1.54) is 6.07 Å². The molecule has 2 rings (SSSR count). The maximum absolute atomic E-state index is 13.9. The molecule has 0 aliphatic carbocycles. The molecule has 106 valence electrons. The predicted molar refractivity (Wildman–Crippen MR) is 80.7 cm³/mol. The van der Waals surface area contributed by atoms with Gasteiger partial charge in [-0.2, -0.15) is 0 Å². The fourth-order valence-corrected chi connectivity index (χ4v) is 2.91. The summed E-state index contributed by atoms with van der Waals surface area (Å²) in [6.45, 7) is 9.18. The van der Waals surface area contributed by atoms with Crippen LogP contribution in [0, 0.1) is 5.82 Å². The summed E-state index contributed by atoms with van der Waals surface area (Å²) in [6.07, 6.45) is 1.10. The van der Waals surface area contributed by atoms with Crippen molar-refractivity contribution in [2.45, 2.75) is 45.3 Å². The highest BCUT2D eigenvalue weighted by atomic mass is 79.9. The zero-order valence-corrected chi connectivity index (χ0v) is 13.4. The number of halogens is 2. The van der Waals surface area contributed by atoms with Gasteiger partial charge in [0, 0.05) is 41.3 Å². The summed E-state index contributed by atoms with van der Waals surface area (Å²) in [7, 11) is 0. The van der Waals surface area contributed by atoms with Crippen LogP contribution in [-0.4, -0.2) is 29.6 Å². The first-order valence-electron chi connectivity index (χ1n) is 6.84. The molecule has 4 heteroatoms. The van der Waals surface area contributed by atoms with Crippen LogP contribution in [0.2, 0.25) is 0 Å². The lowest BCUT2D eigenvalue weighted by Gasteiger charge is -2.46. The van der Waals surface area contributed by atoms with Crippen molar-refractivity contribution in [2.75, 3.05) is 13.1 Å². The number of nitrogens with zero attached hydrogens (tertiary/aromatic N) is 1. The standard InChI is InChI=1S/C15H22BrFN2/c1-4-13-9-19(15(2,3)10-18-13)8-11-7-12(16)5-6-14(11)17/h5-7,13,18H,4,8-10H2,1-3H3. The minimum atomic E-state index is -0.120. The molecule has 0 saturated carbocycles. The van der Waals surface area contributed by atoms with Gasteiger partial charge in [0.15, 0.2) is 0 Å². The number of rotatable bonds is 3. The van der Waals surface area contributed by atoms with E-state index >= 15 is 0 Å². The van der Waals surface area contributed by atoms with Gasteiger partial charge in [0.2, 0.25) is 0 Å². The van der Waals surface area contributed by atoms with Gasteiger partial charge in [0.05, 0.1) is 0 Å². The molecule has 0 aromatic heterocycles. The fraction of sp³-hybridized carbons (Fsp3) is 0.600. The van der Waals surface area contributed by atoms with Crippen molar-refractivity contribution in [3.05, 3.63) is 34.1 Å². The Balaban J connectivity index is 2.17. The Morgan fingerprint density at radius 2 is 2.21 bits per heavy atom. The second-order valence-corrected chi connectivity index (χ2v) is 6.83. The number of hydrogen-bond acceptors (Lipinski definition) is 2. The molecule has 2 nitrogen and oxygen atoms in total. The van der Waals surface area contributed by atoms with E-state index in [0.717, 1.165) is 29.5 Å².